The lowest BCUT2D eigenvalue weighted by molar-refractivity contribution is 0.559. The van der Waals surface area contributed by atoms with Gasteiger partial charge in [-0.3, -0.25) is 0 Å². The molecule has 7 heteroatoms. The topological polar surface area (TPSA) is 64.2 Å². The second-order valence-electron chi connectivity index (χ2n) is 7.90. The Morgan fingerprint density at radius 1 is 1.00 bits per heavy atom. The molecular weight excluding hydrogens is 420 g/mol. The van der Waals surface area contributed by atoms with E-state index in [9.17, 15) is 4.79 Å². The van der Waals surface area contributed by atoms with Crippen molar-refractivity contribution in [3.05, 3.63) is 69.6 Å². The van der Waals surface area contributed by atoms with Crippen LogP contribution in [0.5, 0.6) is 0 Å². The molecule has 0 fully saturated rings. The average Bonchev–Trinajstić information content (AvgIpc) is 3.15. The number of anilines is 1. The summed E-state index contributed by atoms with van der Waals surface area (Å²) in [7, 11) is 1.97. The zero-order valence-corrected chi connectivity index (χ0v) is 20.0. The number of aryl methyl sites for hydroxylation is 2. The van der Waals surface area contributed by atoms with Gasteiger partial charge in [0.15, 0.2) is 11.0 Å². The Balaban J connectivity index is 1.58. The van der Waals surface area contributed by atoms with Crippen LogP contribution >= 0.6 is 11.8 Å². The van der Waals surface area contributed by atoms with Gasteiger partial charge in [0, 0.05) is 48.6 Å². The summed E-state index contributed by atoms with van der Waals surface area (Å²) in [5, 5.41) is 10.6. The van der Waals surface area contributed by atoms with Gasteiger partial charge in [0.25, 0.3) is 0 Å². The molecule has 0 spiro atoms. The van der Waals surface area contributed by atoms with E-state index < -0.39 is 0 Å². The van der Waals surface area contributed by atoms with Crippen molar-refractivity contribution in [2.75, 3.05) is 18.0 Å². The standard InChI is InChI=1S/C25H28N4O2S/c1-6-29(7-2)20-10-8-18(9-11-20)24-26-27-25(28(24)5)32-15-19-14-23(30)31-22-13-17(4)16(3)12-21(19)22/h8-14H,6-7,15H2,1-5H3. The minimum Gasteiger partial charge on any atom is -0.423 e. The van der Waals surface area contributed by atoms with Crippen LogP contribution in [-0.2, 0) is 12.8 Å². The van der Waals surface area contributed by atoms with Crippen LogP contribution < -0.4 is 10.5 Å². The smallest absolute Gasteiger partial charge is 0.336 e. The molecule has 0 bridgehead atoms. The fourth-order valence-electron chi connectivity index (χ4n) is 3.85. The molecule has 0 N–H and O–H groups in total. The van der Waals surface area contributed by atoms with Crippen molar-refractivity contribution in [2.24, 2.45) is 7.05 Å². The first-order valence-electron chi connectivity index (χ1n) is 10.8. The van der Waals surface area contributed by atoms with E-state index in [1.165, 1.54) is 11.3 Å². The third kappa shape index (κ3) is 4.30. The van der Waals surface area contributed by atoms with E-state index in [2.05, 4.69) is 66.2 Å². The Bertz CT molecular complexity index is 1300. The van der Waals surface area contributed by atoms with Gasteiger partial charge in [-0.15, -0.1) is 10.2 Å². The molecule has 0 unspecified atom stereocenters. The van der Waals surface area contributed by atoms with E-state index in [1.54, 1.807) is 17.8 Å². The highest BCUT2D eigenvalue weighted by atomic mass is 32.2. The molecule has 2 heterocycles. The number of fused-ring (bicyclic) bond motifs is 1. The van der Waals surface area contributed by atoms with E-state index >= 15 is 0 Å². The van der Waals surface area contributed by atoms with Crippen LogP contribution in [0.2, 0.25) is 0 Å². The molecular formula is C25H28N4O2S. The molecule has 0 aliphatic rings. The Morgan fingerprint density at radius 3 is 2.38 bits per heavy atom. The number of benzene rings is 2. The Morgan fingerprint density at radius 2 is 1.69 bits per heavy atom. The highest BCUT2D eigenvalue weighted by Crippen LogP contribution is 2.29. The molecule has 0 radical (unpaired) electrons. The molecule has 0 saturated carbocycles. The maximum absolute atomic E-state index is 12.1. The number of aromatic nitrogens is 3. The first kappa shape index (κ1) is 22.1. The second-order valence-corrected chi connectivity index (χ2v) is 8.84. The lowest BCUT2D eigenvalue weighted by Gasteiger charge is -2.21. The summed E-state index contributed by atoms with van der Waals surface area (Å²) >= 11 is 1.57. The van der Waals surface area contributed by atoms with Gasteiger partial charge in [-0.05, 0) is 80.8 Å². The van der Waals surface area contributed by atoms with E-state index in [0.29, 0.717) is 11.3 Å². The Labute approximate surface area is 192 Å². The lowest BCUT2D eigenvalue weighted by Crippen LogP contribution is -2.21. The van der Waals surface area contributed by atoms with Crippen molar-refractivity contribution < 1.29 is 4.42 Å². The van der Waals surface area contributed by atoms with Crippen molar-refractivity contribution in [3.63, 3.8) is 0 Å². The number of hydrogen-bond acceptors (Lipinski definition) is 6. The predicted octanol–water partition coefficient (Wildman–Crippen LogP) is 5.34. The number of thioether (sulfide) groups is 1. The van der Waals surface area contributed by atoms with Gasteiger partial charge in [-0.25, -0.2) is 4.79 Å². The molecule has 0 aliphatic heterocycles. The van der Waals surface area contributed by atoms with E-state index in [1.807, 2.05) is 24.6 Å². The van der Waals surface area contributed by atoms with Crippen molar-refractivity contribution in [3.8, 4) is 11.4 Å². The molecule has 4 aromatic rings. The van der Waals surface area contributed by atoms with Gasteiger partial charge in [-0.2, -0.15) is 0 Å². The minimum atomic E-state index is -0.330. The Kier molecular flexibility index (Phi) is 6.37. The molecule has 6 nitrogen and oxygen atoms in total. The lowest BCUT2D eigenvalue weighted by atomic mass is 10.0. The maximum atomic E-state index is 12.1. The second kappa shape index (κ2) is 9.20. The largest absolute Gasteiger partial charge is 0.423 e. The highest BCUT2D eigenvalue weighted by Gasteiger charge is 2.14. The fraction of sp³-hybridized carbons (Fsp3) is 0.320. The summed E-state index contributed by atoms with van der Waals surface area (Å²) < 4.78 is 7.42. The fourth-order valence-corrected chi connectivity index (χ4v) is 4.75. The van der Waals surface area contributed by atoms with E-state index in [-0.39, 0.29) is 5.63 Å². The van der Waals surface area contributed by atoms with Crippen LogP contribution in [0.15, 0.2) is 56.8 Å². The zero-order chi connectivity index (χ0) is 22.8. The van der Waals surface area contributed by atoms with Crippen LogP contribution in [-0.4, -0.2) is 27.9 Å². The molecule has 4 rings (SSSR count). The van der Waals surface area contributed by atoms with Crippen molar-refractivity contribution in [2.45, 2.75) is 38.6 Å². The van der Waals surface area contributed by atoms with E-state index in [0.717, 1.165) is 46.1 Å². The summed E-state index contributed by atoms with van der Waals surface area (Å²) in [6.45, 7) is 10.4. The normalized spacial score (nSPS) is 11.3. The molecule has 0 saturated heterocycles. The van der Waals surface area contributed by atoms with Crippen molar-refractivity contribution in [1.82, 2.24) is 14.8 Å². The quantitative estimate of drug-likeness (QED) is 0.281. The molecule has 166 valence electrons. The Hall–Kier alpha value is -3.06. The van der Waals surface area contributed by atoms with Crippen LogP contribution in [0.25, 0.3) is 22.4 Å². The molecule has 2 aromatic heterocycles. The highest BCUT2D eigenvalue weighted by molar-refractivity contribution is 7.98. The number of hydrogen-bond donors (Lipinski definition) is 0. The van der Waals surface area contributed by atoms with E-state index in [4.69, 9.17) is 4.42 Å². The minimum absolute atomic E-state index is 0.330. The van der Waals surface area contributed by atoms with Gasteiger partial charge >= 0.3 is 5.63 Å². The van der Waals surface area contributed by atoms with Gasteiger partial charge < -0.3 is 13.9 Å². The maximum Gasteiger partial charge on any atom is 0.336 e. The summed E-state index contributed by atoms with van der Waals surface area (Å²) in [6, 6.07) is 14.0. The SMILES string of the molecule is CCN(CC)c1ccc(-c2nnc(SCc3cc(=O)oc4cc(C)c(C)cc34)n2C)cc1. The van der Waals surface area contributed by atoms with Crippen LogP contribution in [0, 0.1) is 13.8 Å². The van der Waals surface area contributed by atoms with Gasteiger partial charge in [0.1, 0.15) is 5.58 Å². The molecule has 0 atom stereocenters. The van der Waals surface area contributed by atoms with Crippen molar-refractivity contribution >= 4 is 28.4 Å². The number of rotatable bonds is 7. The summed E-state index contributed by atoms with van der Waals surface area (Å²) in [5.74, 6) is 1.43. The third-order valence-electron chi connectivity index (χ3n) is 5.89. The van der Waals surface area contributed by atoms with Crippen LogP contribution in [0.3, 0.4) is 0 Å². The summed E-state index contributed by atoms with van der Waals surface area (Å²) in [5.41, 5.74) is 5.75. The first-order valence-corrected chi connectivity index (χ1v) is 11.8. The third-order valence-corrected chi connectivity index (χ3v) is 6.96. The molecule has 0 amide bonds. The number of nitrogens with zero attached hydrogens (tertiary/aromatic N) is 4. The van der Waals surface area contributed by atoms with Crippen LogP contribution in [0.1, 0.15) is 30.5 Å². The van der Waals surface area contributed by atoms with Gasteiger partial charge in [0.2, 0.25) is 0 Å². The zero-order valence-electron chi connectivity index (χ0n) is 19.2. The van der Waals surface area contributed by atoms with Gasteiger partial charge in [-0.1, -0.05) is 11.8 Å². The molecule has 32 heavy (non-hydrogen) atoms. The first-order chi connectivity index (χ1) is 15.4. The average molecular weight is 449 g/mol. The molecule has 2 aromatic carbocycles. The van der Waals surface area contributed by atoms with Gasteiger partial charge in [0.05, 0.1) is 0 Å². The van der Waals surface area contributed by atoms with Crippen molar-refractivity contribution in [1.29, 1.82) is 0 Å². The predicted molar refractivity (Wildman–Crippen MR) is 132 cm³/mol. The summed E-state index contributed by atoms with van der Waals surface area (Å²) in [6.07, 6.45) is 0. The monoisotopic (exact) mass is 448 g/mol. The van der Waals surface area contributed by atoms with Crippen LogP contribution in [0.4, 0.5) is 5.69 Å². The summed E-state index contributed by atoms with van der Waals surface area (Å²) in [4.78, 5) is 14.4. The molecule has 0 aliphatic carbocycles.